The molecule has 0 bridgehead atoms. The second-order valence-corrected chi connectivity index (χ2v) is 5.97. The van der Waals surface area contributed by atoms with Crippen LogP contribution in [0.4, 0.5) is 0 Å². The van der Waals surface area contributed by atoms with Crippen molar-refractivity contribution in [1.29, 1.82) is 0 Å². The molecule has 3 N–H and O–H groups in total. The van der Waals surface area contributed by atoms with Crippen LogP contribution in [0, 0.1) is 11.8 Å². The number of carbonyl (C=O) groups excluding carboxylic acids is 1. The van der Waals surface area contributed by atoms with Crippen LogP contribution in [0.25, 0.3) is 10.9 Å². The minimum absolute atomic E-state index is 0.0604. The van der Waals surface area contributed by atoms with Crippen molar-refractivity contribution in [1.82, 2.24) is 10.3 Å². The summed E-state index contributed by atoms with van der Waals surface area (Å²) in [5, 5.41) is 13.2. The van der Waals surface area contributed by atoms with Crippen LogP contribution < -0.4 is 5.32 Å². The van der Waals surface area contributed by atoms with Gasteiger partial charge in [0.05, 0.1) is 11.1 Å². The summed E-state index contributed by atoms with van der Waals surface area (Å²) in [5.74, 6) is 0.821. The van der Waals surface area contributed by atoms with E-state index in [4.69, 9.17) is 5.11 Å². The highest BCUT2D eigenvalue weighted by Gasteiger charge is 2.14. The standard InChI is InChI=1S/C17H24N2O2/c1-12(2)10-13(7-9-20)11-19-17(21)15-5-3-4-14-6-8-18-16(14)15/h3-6,8,12-13,18,20H,7,9-11H2,1-2H3,(H,19,21). The highest BCUT2D eigenvalue weighted by Crippen LogP contribution is 2.18. The molecule has 0 spiro atoms. The molecular weight excluding hydrogens is 264 g/mol. The van der Waals surface area contributed by atoms with Crippen LogP contribution in [-0.2, 0) is 0 Å². The van der Waals surface area contributed by atoms with Gasteiger partial charge in [-0.25, -0.2) is 0 Å². The molecule has 114 valence electrons. The van der Waals surface area contributed by atoms with Gasteiger partial charge in [0, 0.05) is 24.7 Å². The average molecular weight is 288 g/mol. The van der Waals surface area contributed by atoms with E-state index in [0.29, 0.717) is 23.9 Å². The number of aliphatic hydroxyl groups excluding tert-OH is 1. The zero-order chi connectivity index (χ0) is 15.2. The molecular formula is C17H24N2O2. The van der Waals surface area contributed by atoms with E-state index in [2.05, 4.69) is 24.1 Å². The van der Waals surface area contributed by atoms with Gasteiger partial charge >= 0.3 is 0 Å². The van der Waals surface area contributed by atoms with E-state index in [1.165, 1.54) is 0 Å². The fourth-order valence-electron chi connectivity index (χ4n) is 2.76. The van der Waals surface area contributed by atoms with Gasteiger partial charge in [0.15, 0.2) is 0 Å². The molecule has 0 radical (unpaired) electrons. The molecule has 1 aromatic heterocycles. The molecule has 0 saturated carbocycles. The Morgan fingerprint density at radius 3 is 2.86 bits per heavy atom. The number of benzene rings is 1. The fourth-order valence-corrected chi connectivity index (χ4v) is 2.76. The second kappa shape index (κ2) is 7.27. The third-order valence-corrected chi connectivity index (χ3v) is 3.73. The van der Waals surface area contributed by atoms with Crippen molar-refractivity contribution in [3.8, 4) is 0 Å². The third kappa shape index (κ3) is 4.08. The minimum Gasteiger partial charge on any atom is -0.396 e. The van der Waals surface area contributed by atoms with Crippen LogP contribution in [0.15, 0.2) is 30.5 Å². The van der Waals surface area contributed by atoms with Crippen LogP contribution in [-0.4, -0.2) is 29.1 Å². The van der Waals surface area contributed by atoms with Gasteiger partial charge in [0.2, 0.25) is 0 Å². The predicted molar refractivity (Wildman–Crippen MR) is 85.3 cm³/mol. The van der Waals surface area contributed by atoms with E-state index in [1.54, 1.807) is 0 Å². The Hall–Kier alpha value is -1.81. The first-order chi connectivity index (χ1) is 10.1. The number of hydrogen-bond acceptors (Lipinski definition) is 2. The monoisotopic (exact) mass is 288 g/mol. The lowest BCUT2D eigenvalue weighted by molar-refractivity contribution is 0.0943. The normalized spacial score (nSPS) is 12.8. The largest absolute Gasteiger partial charge is 0.396 e. The Bertz CT molecular complexity index is 589. The van der Waals surface area contributed by atoms with Crippen molar-refractivity contribution in [2.45, 2.75) is 26.7 Å². The molecule has 4 heteroatoms. The summed E-state index contributed by atoms with van der Waals surface area (Å²) in [4.78, 5) is 15.5. The van der Waals surface area contributed by atoms with E-state index >= 15 is 0 Å². The molecule has 0 aliphatic heterocycles. The summed E-state index contributed by atoms with van der Waals surface area (Å²) in [6, 6.07) is 7.66. The highest BCUT2D eigenvalue weighted by atomic mass is 16.3. The van der Waals surface area contributed by atoms with Gasteiger partial charge in [0.1, 0.15) is 0 Å². The van der Waals surface area contributed by atoms with Crippen molar-refractivity contribution >= 4 is 16.8 Å². The van der Waals surface area contributed by atoms with E-state index < -0.39 is 0 Å². The lowest BCUT2D eigenvalue weighted by Crippen LogP contribution is -2.30. The van der Waals surface area contributed by atoms with Gasteiger partial charge in [-0.05, 0) is 36.8 Å². The summed E-state index contributed by atoms with van der Waals surface area (Å²) < 4.78 is 0. The smallest absolute Gasteiger partial charge is 0.253 e. The maximum atomic E-state index is 12.4. The molecule has 2 aromatic rings. The number of rotatable bonds is 7. The number of fused-ring (bicyclic) bond motifs is 1. The first-order valence-corrected chi connectivity index (χ1v) is 7.57. The average Bonchev–Trinajstić information content (AvgIpc) is 2.92. The van der Waals surface area contributed by atoms with Gasteiger partial charge in [0.25, 0.3) is 5.91 Å². The lowest BCUT2D eigenvalue weighted by Gasteiger charge is -2.18. The molecule has 1 heterocycles. The Morgan fingerprint density at radius 2 is 2.14 bits per heavy atom. The maximum absolute atomic E-state index is 12.4. The number of para-hydroxylation sites is 1. The van der Waals surface area contributed by atoms with Gasteiger partial charge < -0.3 is 15.4 Å². The van der Waals surface area contributed by atoms with Gasteiger partial charge in [-0.1, -0.05) is 26.0 Å². The molecule has 1 aromatic carbocycles. The molecule has 21 heavy (non-hydrogen) atoms. The van der Waals surface area contributed by atoms with Crippen LogP contribution in [0.2, 0.25) is 0 Å². The number of amides is 1. The number of H-pyrrole nitrogens is 1. The van der Waals surface area contributed by atoms with Crippen molar-refractivity contribution in [3.63, 3.8) is 0 Å². The zero-order valence-electron chi connectivity index (χ0n) is 12.7. The van der Waals surface area contributed by atoms with E-state index in [1.807, 2.05) is 30.5 Å². The summed E-state index contributed by atoms with van der Waals surface area (Å²) in [6.07, 6.45) is 3.58. The number of aromatic amines is 1. The quantitative estimate of drug-likeness (QED) is 0.733. The summed E-state index contributed by atoms with van der Waals surface area (Å²) in [7, 11) is 0. The number of hydrogen-bond donors (Lipinski definition) is 3. The highest BCUT2D eigenvalue weighted by molar-refractivity contribution is 6.05. The third-order valence-electron chi connectivity index (χ3n) is 3.73. The van der Waals surface area contributed by atoms with E-state index in [0.717, 1.165) is 23.7 Å². The summed E-state index contributed by atoms with van der Waals surface area (Å²) in [5.41, 5.74) is 1.54. The van der Waals surface area contributed by atoms with Crippen molar-refractivity contribution < 1.29 is 9.90 Å². The SMILES string of the molecule is CC(C)CC(CCO)CNC(=O)c1cccc2cc[nH]c12. The predicted octanol–water partition coefficient (Wildman–Crippen LogP) is 2.94. The minimum atomic E-state index is -0.0604. The Labute approximate surface area is 125 Å². The van der Waals surface area contributed by atoms with Crippen LogP contribution in [0.3, 0.4) is 0 Å². The number of aliphatic hydroxyl groups is 1. The van der Waals surface area contributed by atoms with Crippen LogP contribution in [0.1, 0.15) is 37.0 Å². The topological polar surface area (TPSA) is 65.1 Å². The Morgan fingerprint density at radius 1 is 1.33 bits per heavy atom. The molecule has 0 fully saturated rings. The number of aromatic nitrogens is 1. The molecule has 0 aliphatic rings. The van der Waals surface area contributed by atoms with Crippen molar-refractivity contribution in [2.75, 3.05) is 13.2 Å². The summed E-state index contributed by atoms with van der Waals surface area (Å²) >= 11 is 0. The van der Waals surface area contributed by atoms with Crippen LogP contribution >= 0.6 is 0 Å². The second-order valence-electron chi connectivity index (χ2n) is 5.97. The Balaban J connectivity index is 2.02. The summed E-state index contributed by atoms with van der Waals surface area (Å²) in [6.45, 7) is 5.09. The van der Waals surface area contributed by atoms with Gasteiger partial charge in [-0.3, -0.25) is 4.79 Å². The van der Waals surface area contributed by atoms with Gasteiger partial charge in [-0.2, -0.15) is 0 Å². The number of nitrogens with one attached hydrogen (secondary N) is 2. The van der Waals surface area contributed by atoms with E-state index in [9.17, 15) is 4.79 Å². The molecule has 1 amide bonds. The first kappa shape index (κ1) is 15.6. The molecule has 0 aliphatic carbocycles. The molecule has 1 unspecified atom stereocenters. The molecule has 4 nitrogen and oxygen atoms in total. The van der Waals surface area contributed by atoms with Gasteiger partial charge in [-0.15, -0.1) is 0 Å². The van der Waals surface area contributed by atoms with E-state index in [-0.39, 0.29) is 12.5 Å². The maximum Gasteiger partial charge on any atom is 0.253 e. The first-order valence-electron chi connectivity index (χ1n) is 7.57. The molecule has 2 rings (SSSR count). The molecule has 0 saturated heterocycles. The zero-order valence-corrected chi connectivity index (χ0v) is 12.7. The molecule has 1 atom stereocenters. The van der Waals surface area contributed by atoms with Crippen LogP contribution in [0.5, 0.6) is 0 Å². The van der Waals surface area contributed by atoms with Crippen molar-refractivity contribution in [3.05, 3.63) is 36.0 Å². The lowest BCUT2D eigenvalue weighted by atomic mass is 9.94. The van der Waals surface area contributed by atoms with Crippen molar-refractivity contribution in [2.24, 2.45) is 11.8 Å². The Kier molecular flexibility index (Phi) is 5.39. The number of carbonyl (C=O) groups is 1. The fraction of sp³-hybridized carbons (Fsp3) is 0.471.